The van der Waals surface area contributed by atoms with Crippen LogP contribution in [0.25, 0.3) is 10.6 Å². The van der Waals surface area contributed by atoms with E-state index in [0.29, 0.717) is 12.3 Å². The van der Waals surface area contributed by atoms with Gasteiger partial charge in [0.25, 0.3) is 0 Å². The van der Waals surface area contributed by atoms with E-state index in [9.17, 15) is 9.90 Å². The van der Waals surface area contributed by atoms with Crippen LogP contribution in [-0.2, 0) is 11.2 Å². The highest BCUT2D eigenvalue weighted by molar-refractivity contribution is 7.14. The zero-order valence-corrected chi connectivity index (χ0v) is 13.5. The highest BCUT2D eigenvalue weighted by Gasteiger charge is 2.33. The number of likely N-dealkylation sites (tertiary alicyclic amines) is 1. The highest BCUT2D eigenvalue weighted by atomic mass is 32.1. The maximum atomic E-state index is 12.4. The Bertz CT molecular complexity index is 609. The summed E-state index contributed by atoms with van der Waals surface area (Å²) in [5.74, 6) is 0.441. The number of thiophene rings is 1. The Morgan fingerprint density at radius 3 is 3.10 bits per heavy atom. The summed E-state index contributed by atoms with van der Waals surface area (Å²) in [4.78, 5) is 18.8. The van der Waals surface area contributed by atoms with E-state index >= 15 is 0 Å². The van der Waals surface area contributed by atoms with Gasteiger partial charge < -0.3 is 10.0 Å². The summed E-state index contributed by atoms with van der Waals surface area (Å²) >= 11 is 3.22. The molecule has 1 aliphatic heterocycles. The van der Waals surface area contributed by atoms with Gasteiger partial charge in [0.2, 0.25) is 5.91 Å². The fraction of sp³-hybridized carbons (Fsp3) is 0.467. The van der Waals surface area contributed by atoms with Crippen molar-refractivity contribution in [3.63, 3.8) is 0 Å². The van der Waals surface area contributed by atoms with Crippen LogP contribution in [0.5, 0.6) is 0 Å². The molecule has 2 aromatic rings. The van der Waals surface area contributed by atoms with Crippen LogP contribution < -0.4 is 0 Å². The molecule has 1 saturated heterocycles. The average molecular weight is 322 g/mol. The predicted octanol–water partition coefficient (Wildman–Crippen LogP) is 2.64. The lowest BCUT2D eigenvalue weighted by molar-refractivity contribution is -0.132. The van der Waals surface area contributed by atoms with Crippen LogP contribution in [0.2, 0.25) is 0 Å². The van der Waals surface area contributed by atoms with Crippen LogP contribution in [-0.4, -0.2) is 40.1 Å². The Hall–Kier alpha value is -1.24. The van der Waals surface area contributed by atoms with Crippen molar-refractivity contribution in [2.45, 2.75) is 25.8 Å². The number of aliphatic hydroxyl groups excluding tert-OH is 1. The van der Waals surface area contributed by atoms with Crippen molar-refractivity contribution >= 4 is 28.6 Å². The van der Waals surface area contributed by atoms with Crippen LogP contribution in [0.15, 0.2) is 22.2 Å². The number of hydrogen-bond acceptors (Lipinski definition) is 5. The molecule has 3 rings (SSSR count). The summed E-state index contributed by atoms with van der Waals surface area (Å²) in [6.45, 7) is 2.88. The number of amides is 1. The number of carbonyl (C=O) groups excluding carboxylic acids is 1. The molecule has 1 N–H and O–H groups in total. The van der Waals surface area contributed by atoms with Crippen molar-refractivity contribution in [2.75, 3.05) is 13.2 Å². The lowest BCUT2D eigenvalue weighted by Crippen LogP contribution is -2.40. The fourth-order valence-electron chi connectivity index (χ4n) is 2.76. The normalized spacial score (nSPS) is 21.9. The molecule has 3 heterocycles. The molecule has 1 fully saturated rings. The molecule has 2 atom stereocenters. The smallest absolute Gasteiger partial charge is 0.228 e. The molecule has 0 aromatic carbocycles. The molecule has 112 valence electrons. The summed E-state index contributed by atoms with van der Waals surface area (Å²) in [6, 6.07) is 2.01. The summed E-state index contributed by atoms with van der Waals surface area (Å²) in [7, 11) is 0. The molecule has 0 saturated carbocycles. The Morgan fingerprint density at radius 2 is 2.38 bits per heavy atom. The molecule has 0 spiro atoms. The molecule has 2 aromatic heterocycles. The van der Waals surface area contributed by atoms with Gasteiger partial charge >= 0.3 is 0 Å². The number of rotatable bonds is 4. The second kappa shape index (κ2) is 6.25. The van der Waals surface area contributed by atoms with Crippen LogP contribution in [0.1, 0.15) is 19.0 Å². The Balaban J connectivity index is 1.68. The third-order valence-electron chi connectivity index (χ3n) is 4.04. The standard InChI is InChI=1S/C15H18N2O2S2/c1-10-2-4-17(13(10)7-18)14(19)6-12-9-21-15(16-12)11-3-5-20-8-11/h3,5,8-10,13,18H,2,4,6-7H2,1H3. The van der Waals surface area contributed by atoms with Gasteiger partial charge in [0, 0.05) is 22.9 Å². The second-order valence-corrected chi connectivity index (χ2v) is 7.07. The van der Waals surface area contributed by atoms with Crippen LogP contribution in [0.4, 0.5) is 0 Å². The first-order valence-corrected chi connectivity index (χ1v) is 8.88. The van der Waals surface area contributed by atoms with E-state index in [0.717, 1.165) is 29.2 Å². The largest absolute Gasteiger partial charge is 0.394 e. The zero-order valence-electron chi connectivity index (χ0n) is 11.9. The topological polar surface area (TPSA) is 53.4 Å². The fourth-order valence-corrected chi connectivity index (χ4v) is 4.29. The molecule has 1 amide bonds. The third kappa shape index (κ3) is 3.02. The van der Waals surface area contributed by atoms with Gasteiger partial charge in [-0.05, 0) is 23.8 Å². The van der Waals surface area contributed by atoms with E-state index in [1.165, 1.54) is 0 Å². The summed E-state index contributed by atoms with van der Waals surface area (Å²) in [6.07, 6.45) is 1.29. The third-order valence-corrected chi connectivity index (χ3v) is 5.67. The molecule has 0 aliphatic carbocycles. The lowest BCUT2D eigenvalue weighted by atomic mass is 10.0. The Kier molecular flexibility index (Phi) is 4.37. The molecule has 0 bridgehead atoms. The molecule has 2 unspecified atom stereocenters. The summed E-state index contributed by atoms with van der Waals surface area (Å²) in [5, 5.41) is 16.5. The average Bonchev–Trinajstić information content (AvgIpc) is 3.17. The number of thiazole rings is 1. The van der Waals surface area contributed by atoms with Crippen molar-refractivity contribution in [1.82, 2.24) is 9.88 Å². The van der Waals surface area contributed by atoms with Crippen molar-refractivity contribution in [1.29, 1.82) is 0 Å². The highest BCUT2D eigenvalue weighted by Crippen LogP contribution is 2.27. The quantitative estimate of drug-likeness (QED) is 0.941. The maximum absolute atomic E-state index is 12.4. The lowest BCUT2D eigenvalue weighted by Gasteiger charge is -2.24. The molecule has 1 aliphatic rings. The first-order chi connectivity index (χ1) is 10.2. The number of carbonyl (C=O) groups is 1. The minimum absolute atomic E-state index is 0.0347. The van der Waals surface area contributed by atoms with E-state index < -0.39 is 0 Å². The van der Waals surface area contributed by atoms with Gasteiger partial charge in [0.05, 0.1) is 24.8 Å². The SMILES string of the molecule is CC1CCN(C(=O)Cc2csc(-c3ccsc3)n2)C1CO. The van der Waals surface area contributed by atoms with Gasteiger partial charge in [0.15, 0.2) is 0 Å². The molecule has 21 heavy (non-hydrogen) atoms. The first kappa shape index (κ1) is 14.7. The van der Waals surface area contributed by atoms with E-state index in [-0.39, 0.29) is 18.6 Å². The van der Waals surface area contributed by atoms with Crippen LogP contribution >= 0.6 is 22.7 Å². The minimum Gasteiger partial charge on any atom is -0.394 e. The van der Waals surface area contributed by atoms with Gasteiger partial charge in [-0.1, -0.05) is 6.92 Å². The number of hydrogen-bond donors (Lipinski definition) is 1. The van der Waals surface area contributed by atoms with Gasteiger partial charge in [-0.2, -0.15) is 11.3 Å². The van der Waals surface area contributed by atoms with Gasteiger partial charge in [-0.3, -0.25) is 4.79 Å². The maximum Gasteiger partial charge on any atom is 0.228 e. The van der Waals surface area contributed by atoms with Crippen LogP contribution in [0, 0.1) is 5.92 Å². The summed E-state index contributed by atoms with van der Waals surface area (Å²) in [5.41, 5.74) is 1.94. The van der Waals surface area contributed by atoms with E-state index in [2.05, 4.69) is 17.3 Å². The van der Waals surface area contributed by atoms with E-state index in [1.54, 1.807) is 22.7 Å². The molecule has 4 nitrogen and oxygen atoms in total. The number of aromatic nitrogens is 1. The molecular formula is C15H18N2O2S2. The van der Waals surface area contributed by atoms with Gasteiger partial charge in [-0.25, -0.2) is 4.98 Å². The van der Waals surface area contributed by atoms with Crippen molar-refractivity contribution < 1.29 is 9.90 Å². The van der Waals surface area contributed by atoms with Gasteiger partial charge in [-0.15, -0.1) is 11.3 Å². The van der Waals surface area contributed by atoms with Crippen molar-refractivity contribution in [3.05, 3.63) is 27.9 Å². The molecule has 0 radical (unpaired) electrons. The van der Waals surface area contributed by atoms with Gasteiger partial charge in [0.1, 0.15) is 5.01 Å². The Morgan fingerprint density at radius 1 is 1.52 bits per heavy atom. The number of nitrogens with zero attached hydrogens (tertiary/aromatic N) is 2. The molecule has 6 heteroatoms. The van der Waals surface area contributed by atoms with Crippen molar-refractivity contribution in [2.24, 2.45) is 5.92 Å². The first-order valence-electron chi connectivity index (χ1n) is 7.06. The predicted molar refractivity (Wildman–Crippen MR) is 85.5 cm³/mol. The number of aliphatic hydroxyl groups is 1. The molecular weight excluding hydrogens is 304 g/mol. The zero-order chi connectivity index (χ0) is 14.8. The van der Waals surface area contributed by atoms with Crippen LogP contribution in [0.3, 0.4) is 0 Å². The Labute approximate surface area is 132 Å². The summed E-state index contributed by atoms with van der Waals surface area (Å²) < 4.78 is 0. The van der Waals surface area contributed by atoms with E-state index in [4.69, 9.17) is 0 Å². The minimum atomic E-state index is -0.0347. The van der Waals surface area contributed by atoms with E-state index in [1.807, 2.05) is 21.7 Å². The van der Waals surface area contributed by atoms with Crippen molar-refractivity contribution in [3.8, 4) is 10.6 Å². The second-order valence-electron chi connectivity index (χ2n) is 5.44. The monoisotopic (exact) mass is 322 g/mol.